The summed E-state index contributed by atoms with van der Waals surface area (Å²) in [5.74, 6) is 1.18. The van der Waals surface area contributed by atoms with E-state index in [0.29, 0.717) is 5.95 Å². The van der Waals surface area contributed by atoms with E-state index in [-0.39, 0.29) is 0 Å². The average Bonchev–Trinajstić information content (AvgIpc) is 2.18. The van der Waals surface area contributed by atoms with Crippen LogP contribution in [0.3, 0.4) is 0 Å². The van der Waals surface area contributed by atoms with Gasteiger partial charge in [0.2, 0.25) is 5.95 Å². The number of anilines is 2. The Hall–Kier alpha value is -1.58. The molecule has 76 valence electrons. The van der Waals surface area contributed by atoms with E-state index in [1.165, 1.54) is 0 Å². The van der Waals surface area contributed by atoms with Gasteiger partial charge < -0.3 is 10.6 Å². The van der Waals surface area contributed by atoms with Crippen LogP contribution in [0.2, 0.25) is 0 Å². The standard InChI is InChI=1S/C10H16N4/c1-3-4-5-8-14(2)9-6-7-12-10(11)13-9/h3,6-7H,1,4-5,8H2,2H3,(H2,11,12,13). The van der Waals surface area contributed by atoms with Gasteiger partial charge in [-0.05, 0) is 18.9 Å². The van der Waals surface area contributed by atoms with E-state index in [1.54, 1.807) is 6.20 Å². The Labute approximate surface area is 84.5 Å². The Kier molecular flexibility index (Phi) is 3.91. The maximum Gasteiger partial charge on any atom is 0.221 e. The SMILES string of the molecule is C=CCCCN(C)c1ccnc(N)n1. The lowest BCUT2D eigenvalue weighted by molar-refractivity contribution is 0.791. The molecule has 0 unspecified atom stereocenters. The molecule has 0 aromatic carbocycles. The van der Waals surface area contributed by atoms with Crippen molar-refractivity contribution in [2.24, 2.45) is 0 Å². The van der Waals surface area contributed by atoms with Crippen LogP contribution in [0.5, 0.6) is 0 Å². The zero-order valence-corrected chi connectivity index (χ0v) is 8.48. The number of nitrogen functional groups attached to an aromatic ring is 1. The molecule has 1 aromatic heterocycles. The molecule has 2 N–H and O–H groups in total. The highest BCUT2D eigenvalue weighted by atomic mass is 15.2. The van der Waals surface area contributed by atoms with Gasteiger partial charge in [0.05, 0.1) is 0 Å². The van der Waals surface area contributed by atoms with E-state index in [9.17, 15) is 0 Å². The van der Waals surface area contributed by atoms with Gasteiger partial charge >= 0.3 is 0 Å². The molecular weight excluding hydrogens is 176 g/mol. The largest absolute Gasteiger partial charge is 0.368 e. The van der Waals surface area contributed by atoms with Gasteiger partial charge in [-0.25, -0.2) is 4.98 Å². The lowest BCUT2D eigenvalue weighted by Gasteiger charge is -2.17. The van der Waals surface area contributed by atoms with E-state index < -0.39 is 0 Å². The molecule has 14 heavy (non-hydrogen) atoms. The van der Waals surface area contributed by atoms with Crippen molar-refractivity contribution in [3.63, 3.8) is 0 Å². The maximum absolute atomic E-state index is 5.49. The summed E-state index contributed by atoms with van der Waals surface area (Å²) in [4.78, 5) is 10.0. The van der Waals surface area contributed by atoms with Crippen LogP contribution in [-0.4, -0.2) is 23.6 Å². The molecule has 4 nitrogen and oxygen atoms in total. The van der Waals surface area contributed by atoms with Crippen molar-refractivity contribution < 1.29 is 0 Å². The molecule has 0 spiro atoms. The first-order chi connectivity index (χ1) is 6.74. The normalized spacial score (nSPS) is 9.79. The summed E-state index contributed by atoms with van der Waals surface area (Å²) < 4.78 is 0. The second kappa shape index (κ2) is 5.21. The fourth-order valence-corrected chi connectivity index (χ4v) is 1.16. The molecular formula is C10H16N4. The topological polar surface area (TPSA) is 55.0 Å². The summed E-state index contributed by atoms with van der Waals surface area (Å²) in [5, 5.41) is 0. The zero-order chi connectivity index (χ0) is 10.4. The number of hydrogen-bond donors (Lipinski definition) is 1. The highest BCUT2D eigenvalue weighted by Gasteiger charge is 2.01. The van der Waals surface area contributed by atoms with Gasteiger partial charge in [0, 0.05) is 19.8 Å². The van der Waals surface area contributed by atoms with E-state index in [4.69, 9.17) is 5.73 Å². The summed E-state index contributed by atoms with van der Waals surface area (Å²) in [5.41, 5.74) is 5.49. The third kappa shape index (κ3) is 3.05. The van der Waals surface area contributed by atoms with Crippen molar-refractivity contribution in [2.45, 2.75) is 12.8 Å². The molecule has 0 aliphatic heterocycles. The van der Waals surface area contributed by atoms with Crippen LogP contribution in [0.4, 0.5) is 11.8 Å². The summed E-state index contributed by atoms with van der Waals surface area (Å²) in [6.07, 6.45) is 5.68. The molecule has 1 aromatic rings. The first-order valence-corrected chi connectivity index (χ1v) is 4.64. The van der Waals surface area contributed by atoms with Gasteiger partial charge in [0.1, 0.15) is 5.82 Å². The van der Waals surface area contributed by atoms with Crippen LogP contribution in [0, 0.1) is 0 Å². The number of rotatable bonds is 5. The first-order valence-electron chi connectivity index (χ1n) is 4.64. The predicted octanol–water partition coefficient (Wildman–Crippen LogP) is 1.46. The zero-order valence-electron chi connectivity index (χ0n) is 8.48. The second-order valence-corrected chi connectivity index (χ2v) is 3.13. The number of nitrogens with two attached hydrogens (primary N) is 1. The van der Waals surface area contributed by atoms with Gasteiger partial charge in [-0.15, -0.1) is 6.58 Å². The Morgan fingerprint density at radius 2 is 2.43 bits per heavy atom. The molecule has 0 aliphatic carbocycles. The third-order valence-corrected chi connectivity index (χ3v) is 1.95. The van der Waals surface area contributed by atoms with Crippen molar-refractivity contribution in [1.29, 1.82) is 0 Å². The molecule has 0 bridgehead atoms. The van der Waals surface area contributed by atoms with Crippen molar-refractivity contribution in [2.75, 3.05) is 24.2 Å². The predicted molar refractivity (Wildman–Crippen MR) is 59.1 cm³/mol. The molecule has 0 atom stereocenters. The summed E-state index contributed by atoms with van der Waals surface area (Å²) in [6, 6.07) is 1.85. The monoisotopic (exact) mass is 192 g/mol. The second-order valence-electron chi connectivity index (χ2n) is 3.13. The third-order valence-electron chi connectivity index (χ3n) is 1.95. The molecule has 0 fully saturated rings. The molecule has 1 heterocycles. The molecule has 4 heteroatoms. The Morgan fingerprint density at radius 3 is 3.07 bits per heavy atom. The smallest absolute Gasteiger partial charge is 0.221 e. The van der Waals surface area contributed by atoms with E-state index in [1.807, 2.05) is 19.2 Å². The number of nitrogens with zero attached hydrogens (tertiary/aromatic N) is 3. The maximum atomic E-state index is 5.49. The highest BCUT2D eigenvalue weighted by molar-refractivity contribution is 5.39. The van der Waals surface area contributed by atoms with Crippen LogP contribution in [-0.2, 0) is 0 Å². The summed E-state index contributed by atoms with van der Waals surface area (Å²) in [6.45, 7) is 4.63. The minimum atomic E-state index is 0.318. The van der Waals surface area contributed by atoms with E-state index >= 15 is 0 Å². The Bertz CT molecular complexity index is 298. The van der Waals surface area contributed by atoms with Crippen LogP contribution in [0.1, 0.15) is 12.8 Å². The molecule has 0 aliphatic rings. The number of hydrogen-bond acceptors (Lipinski definition) is 4. The minimum Gasteiger partial charge on any atom is -0.368 e. The van der Waals surface area contributed by atoms with E-state index in [2.05, 4.69) is 21.4 Å². The first kappa shape index (κ1) is 10.5. The molecule has 0 saturated carbocycles. The number of aromatic nitrogens is 2. The summed E-state index contributed by atoms with van der Waals surface area (Å²) >= 11 is 0. The van der Waals surface area contributed by atoms with Gasteiger partial charge in [0.25, 0.3) is 0 Å². The number of allylic oxidation sites excluding steroid dienone is 1. The molecule has 0 radical (unpaired) electrons. The van der Waals surface area contributed by atoms with Gasteiger partial charge in [-0.1, -0.05) is 6.08 Å². The molecule has 0 saturated heterocycles. The van der Waals surface area contributed by atoms with Crippen LogP contribution >= 0.6 is 0 Å². The van der Waals surface area contributed by atoms with Gasteiger partial charge in [-0.3, -0.25) is 0 Å². The molecule has 1 rings (SSSR count). The minimum absolute atomic E-state index is 0.318. The Balaban J connectivity index is 2.51. The van der Waals surface area contributed by atoms with Gasteiger partial charge in [-0.2, -0.15) is 4.98 Å². The van der Waals surface area contributed by atoms with Crippen molar-refractivity contribution in [3.8, 4) is 0 Å². The molecule has 0 amide bonds. The van der Waals surface area contributed by atoms with Crippen LogP contribution < -0.4 is 10.6 Å². The average molecular weight is 192 g/mol. The van der Waals surface area contributed by atoms with Crippen molar-refractivity contribution >= 4 is 11.8 Å². The van der Waals surface area contributed by atoms with Crippen LogP contribution in [0.15, 0.2) is 24.9 Å². The van der Waals surface area contributed by atoms with Crippen molar-refractivity contribution in [1.82, 2.24) is 9.97 Å². The van der Waals surface area contributed by atoms with E-state index in [0.717, 1.165) is 25.2 Å². The quantitative estimate of drug-likeness (QED) is 0.567. The fourth-order valence-electron chi connectivity index (χ4n) is 1.16. The fraction of sp³-hybridized carbons (Fsp3) is 0.400. The van der Waals surface area contributed by atoms with Crippen LogP contribution in [0.25, 0.3) is 0 Å². The highest BCUT2D eigenvalue weighted by Crippen LogP contribution is 2.09. The Morgan fingerprint density at radius 1 is 1.64 bits per heavy atom. The lowest BCUT2D eigenvalue weighted by atomic mass is 10.3. The summed E-state index contributed by atoms with van der Waals surface area (Å²) in [7, 11) is 1.99. The van der Waals surface area contributed by atoms with Crippen molar-refractivity contribution in [3.05, 3.63) is 24.9 Å². The lowest BCUT2D eigenvalue weighted by Crippen LogP contribution is -2.20. The van der Waals surface area contributed by atoms with Gasteiger partial charge in [0.15, 0.2) is 0 Å². The number of unbranched alkanes of at least 4 members (excludes halogenated alkanes) is 1.